The van der Waals surface area contributed by atoms with Gasteiger partial charge in [-0.05, 0) is 12.1 Å². The van der Waals surface area contributed by atoms with E-state index >= 15 is 0 Å². The van der Waals surface area contributed by atoms with Gasteiger partial charge in [0.05, 0.1) is 0 Å². The summed E-state index contributed by atoms with van der Waals surface area (Å²) in [5.41, 5.74) is 0. The first-order chi connectivity index (χ1) is 4.68. The van der Waals surface area contributed by atoms with Crippen molar-refractivity contribution in [3.8, 4) is 5.06 Å². The minimum Gasteiger partial charge on any atom is -0.504 e. The summed E-state index contributed by atoms with van der Waals surface area (Å²) < 4.78 is 16.5. The van der Waals surface area contributed by atoms with Gasteiger partial charge in [-0.15, -0.1) is 0 Å². The highest BCUT2D eigenvalue weighted by Gasteiger charge is 2.12. The maximum Gasteiger partial charge on any atom is 0.708 e. The van der Waals surface area contributed by atoms with Gasteiger partial charge in [-0.2, -0.15) is 4.39 Å². The van der Waals surface area contributed by atoms with Crippen molar-refractivity contribution in [2.45, 2.75) is 0 Å². The molecular weight excluding hydrogens is 158 g/mol. The Labute approximate surface area is 60.9 Å². The largest absolute Gasteiger partial charge is 0.708 e. The third-order valence-corrected chi connectivity index (χ3v) is 1.53. The lowest BCUT2D eigenvalue weighted by Crippen LogP contribution is -2.19. The summed E-state index contributed by atoms with van der Waals surface area (Å²) in [7, 11) is -1.88. The average molecular weight is 162 g/mol. The van der Waals surface area contributed by atoms with Gasteiger partial charge in [0, 0.05) is 0 Å². The zero-order valence-corrected chi connectivity index (χ0v) is 5.64. The van der Waals surface area contributed by atoms with Gasteiger partial charge < -0.3 is 14.7 Å². The van der Waals surface area contributed by atoms with Crippen molar-refractivity contribution in [2.75, 3.05) is 0 Å². The van der Waals surface area contributed by atoms with Crippen LogP contribution >= 0.6 is 11.3 Å². The van der Waals surface area contributed by atoms with Crippen LogP contribution in [0.5, 0.6) is 5.06 Å². The molecule has 0 amide bonds. The molecule has 2 N–H and O–H groups in total. The zero-order chi connectivity index (χ0) is 7.56. The second kappa shape index (κ2) is 3.00. The summed E-state index contributed by atoms with van der Waals surface area (Å²) in [5, 5.41) is 16.2. The Morgan fingerprint density at radius 2 is 2.20 bits per heavy atom. The van der Waals surface area contributed by atoms with Crippen molar-refractivity contribution in [3.63, 3.8) is 0 Å². The van der Waals surface area contributed by atoms with E-state index in [9.17, 15) is 4.39 Å². The molecule has 1 heterocycles. The first-order valence-electron chi connectivity index (χ1n) is 2.46. The van der Waals surface area contributed by atoms with Crippen molar-refractivity contribution in [3.05, 3.63) is 17.3 Å². The van der Waals surface area contributed by atoms with Crippen LogP contribution < -0.4 is 4.65 Å². The summed E-state index contributed by atoms with van der Waals surface area (Å²) in [4.78, 5) is 0. The van der Waals surface area contributed by atoms with Crippen LogP contribution in [0.4, 0.5) is 4.39 Å². The molecule has 0 fully saturated rings. The molecule has 1 aromatic rings. The van der Waals surface area contributed by atoms with E-state index in [2.05, 4.69) is 4.65 Å². The van der Waals surface area contributed by atoms with Gasteiger partial charge in [0.1, 0.15) is 0 Å². The molecule has 0 radical (unpaired) electrons. The molecule has 54 valence electrons. The molecule has 0 saturated heterocycles. The second-order valence-corrected chi connectivity index (χ2v) is 2.50. The molecule has 0 aromatic carbocycles. The molecule has 0 atom stereocenters. The number of halogens is 1. The van der Waals surface area contributed by atoms with Crippen LogP contribution in [0.15, 0.2) is 12.1 Å². The monoisotopic (exact) mass is 162 g/mol. The standard InChI is InChI=1S/C4H4BFO3S/c6-3-1-2-4(10-3)9-5(7)8/h1-2,7-8H. The summed E-state index contributed by atoms with van der Waals surface area (Å²) in [5.74, 6) is 0. The van der Waals surface area contributed by atoms with E-state index in [1.807, 2.05) is 0 Å². The lowest BCUT2D eigenvalue weighted by atomic mass is 10.3. The highest BCUT2D eigenvalue weighted by atomic mass is 32.1. The van der Waals surface area contributed by atoms with Crippen molar-refractivity contribution in [1.82, 2.24) is 0 Å². The molecule has 0 aliphatic heterocycles. The van der Waals surface area contributed by atoms with Crippen LogP contribution in [0.2, 0.25) is 0 Å². The third kappa shape index (κ3) is 1.98. The smallest absolute Gasteiger partial charge is 0.504 e. The highest BCUT2D eigenvalue weighted by molar-refractivity contribution is 7.12. The van der Waals surface area contributed by atoms with Gasteiger partial charge >= 0.3 is 7.32 Å². The topological polar surface area (TPSA) is 49.7 Å². The van der Waals surface area contributed by atoms with Crippen molar-refractivity contribution in [1.29, 1.82) is 0 Å². The Morgan fingerprint density at radius 3 is 2.60 bits per heavy atom. The predicted molar refractivity (Wildman–Crippen MR) is 35.1 cm³/mol. The Balaban J connectivity index is 2.58. The van der Waals surface area contributed by atoms with Crippen LogP contribution in [0.25, 0.3) is 0 Å². The van der Waals surface area contributed by atoms with Gasteiger partial charge in [0.25, 0.3) is 0 Å². The Kier molecular flexibility index (Phi) is 2.26. The van der Waals surface area contributed by atoms with Crippen molar-refractivity contribution < 1.29 is 19.1 Å². The summed E-state index contributed by atoms with van der Waals surface area (Å²) in [6.07, 6.45) is 0. The molecule has 0 aliphatic rings. The van der Waals surface area contributed by atoms with E-state index in [4.69, 9.17) is 10.0 Å². The van der Waals surface area contributed by atoms with Crippen molar-refractivity contribution in [2.24, 2.45) is 0 Å². The van der Waals surface area contributed by atoms with E-state index in [1.165, 1.54) is 12.1 Å². The maximum atomic E-state index is 12.2. The molecule has 10 heavy (non-hydrogen) atoms. The van der Waals surface area contributed by atoms with E-state index in [-0.39, 0.29) is 5.06 Å². The van der Waals surface area contributed by atoms with E-state index < -0.39 is 12.5 Å². The zero-order valence-electron chi connectivity index (χ0n) is 4.82. The van der Waals surface area contributed by atoms with Gasteiger partial charge in [-0.25, -0.2) is 0 Å². The van der Waals surface area contributed by atoms with Gasteiger partial charge in [0.15, 0.2) is 10.2 Å². The Bertz CT molecular complexity index is 214. The van der Waals surface area contributed by atoms with Crippen LogP contribution in [0.3, 0.4) is 0 Å². The van der Waals surface area contributed by atoms with Crippen LogP contribution in [-0.4, -0.2) is 17.4 Å². The number of rotatable bonds is 2. The molecule has 3 nitrogen and oxygen atoms in total. The maximum absolute atomic E-state index is 12.2. The Hall–Kier alpha value is -0.585. The van der Waals surface area contributed by atoms with Crippen LogP contribution in [0, 0.1) is 5.13 Å². The van der Waals surface area contributed by atoms with Crippen molar-refractivity contribution >= 4 is 18.7 Å². The Morgan fingerprint density at radius 1 is 1.50 bits per heavy atom. The molecule has 0 spiro atoms. The fraction of sp³-hybridized carbons (Fsp3) is 0. The third-order valence-electron chi connectivity index (χ3n) is 0.770. The quantitative estimate of drug-likeness (QED) is 0.612. The SMILES string of the molecule is OB(O)Oc1ccc(F)s1. The molecule has 0 aliphatic carbocycles. The number of hydrogen-bond donors (Lipinski definition) is 2. The van der Waals surface area contributed by atoms with E-state index in [1.54, 1.807) is 0 Å². The molecular formula is C4H4BFO3S. The van der Waals surface area contributed by atoms with Gasteiger partial charge in [-0.3, -0.25) is 0 Å². The fourth-order valence-corrected chi connectivity index (χ4v) is 1.06. The first kappa shape index (κ1) is 7.52. The van der Waals surface area contributed by atoms with Gasteiger partial charge in [-0.1, -0.05) is 11.3 Å². The lowest BCUT2D eigenvalue weighted by molar-refractivity contribution is 0.292. The fourth-order valence-electron chi connectivity index (χ4n) is 0.465. The second-order valence-electron chi connectivity index (χ2n) is 1.50. The molecule has 0 saturated carbocycles. The first-order valence-corrected chi connectivity index (χ1v) is 3.28. The molecule has 0 bridgehead atoms. The molecule has 1 rings (SSSR count). The predicted octanol–water partition coefficient (Wildman–Crippen LogP) is 0.236. The minimum absolute atomic E-state index is 0.146. The summed E-state index contributed by atoms with van der Waals surface area (Å²) >= 11 is 0.707. The summed E-state index contributed by atoms with van der Waals surface area (Å²) in [6.45, 7) is 0. The molecule has 0 unspecified atom stereocenters. The van der Waals surface area contributed by atoms with E-state index in [0.29, 0.717) is 11.3 Å². The summed E-state index contributed by atoms with van der Waals surface area (Å²) in [6, 6.07) is 2.50. The average Bonchev–Trinajstić information content (AvgIpc) is 2.13. The normalized spacial score (nSPS) is 9.50. The highest BCUT2D eigenvalue weighted by Crippen LogP contribution is 2.22. The van der Waals surface area contributed by atoms with Crippen LogP contribution in [0.1, 0.15) is 0 Å². The molecule has 1 aromatic heterocycles. The number of thiophene rings is 1. The minimum atomic E-state index is -1.88. The number of hydrogen-bond acceptors (Lipinski definition) is 4. The van der Waals surface area contributed by atoms with Gasteiger partial charge in [0.2, 0.25) is 0 Å². The van der Waals surface area contributed by atoms with Crippen LogP contribution in [-0.2, 0) is 0 Å². The lowest BCUT2D eigenvalue weighted by Gasteiger charge is -1.97. The molecule has 6 heteroatoms. The van der Waals surface area contributed by atoms with E-state index in [0.717, 1.165) is 0 Å².